The van der Waals surface area contributed by atoms with Crippen LogP contribution in [0.3, 0.4) is 0 Å². The van der Waals surface area contributed by atoms with Crippen molar-refractivity contribution in [2.75, 3.05) is 13.2 Å². The quantitative estimate of drug-likeness (QED) is 0.0267. The predicted octanol–water partition coefficient (Wildman–Crippen LogP) is 14.6. The highest BCUT2D eigenvalue weighted by molar-refractivity contribution is 5.71. The van der Waals surface area contributed by atoms with Crippen molar-refractivity contribution in [1.29, 1.82) is 0 Å². The molecule has 6 nitrogen and oxygen atoms in total. The summed E-state index contributed by atoms with van der Waals surface area (Å²) in [6.45, 7) is 6.26. The molecule has 0 aliphatic carbocycles. The molecule has 322 valence electrons. The summed E-state index contributed by atoms with van der Waals surface area (Å²) in [5.74, 6) is -1.07. The Morgan fingerprint density at radius 3 is 1.16 bits per heavy atom. The number of carbonyl (C=O) groups excluding carboxylic acids is 3. The van der Waals surface area contributed by atoms with E-state index in [1.807, 2.05) is 12.2 Å². The second-order valence-corrected chi connectivity index (χ2v) is 14.5. The van der Waals surface area contributed by atoms with Crippen molar-refractivity contribution in [3.05, 3.63) is 97.2 Å². The number of unbranched alkanes of at least 4 members (excludes halogenated alkanes) is 12. The van der Waals surface area contributed by atoms with Crippen LogP contribution in [-0.4, -0.2) is 37.2 Å². The molecule has 1 atom stereocenters. The highest BCUT2D eigenvalue weighted by atomic mass is 16.6. The number of esters is 3. The van der Waals surface area contributed by atoms with Crippen LogP contribution in [0.15, 0.2) is 97.2 Å². The molecule has 0 spiro atoms. The number of rotatable bonds is 39. The van der Waals surface area contributed by atoms with E-state index >= 15 is 0 Å². The first-order valence-corrected chi connectivity index (χ1v) is 22.7. The van der Waals surface area contributed by atoms with E-state index in [2.05, 4.69) is 106 Å². The van der Waals surface area contributed by atoms with Crippen molar-refractivity contribution in [2.24, 2.45) is 0 Å². The van der Waals surface area contributed by atoms with Crippen LogP contribution in [0.2, 0.25) is 0 Å². The van der Waals surface area contributed by atoms with Crippen LogP contribution in [0.1, 0.15) is 188 Å². The van der Waals surface area contributed by atoms with E-state index in [4.69, 9.17) is 14.2 Å². The first-order valence-electron chi connectivity index (χ1n) is 22.7. The lowest BCUT2D eigenvalue weighted by Gasteiger charge is -2.18. The van der Waals surface area contributed by atoms with Gasteiger partial charge in [-0.1, -0.05) is 189 Å². The maximum Gasteiger partial charge on any atom is 0.306 e. The molecule has 0 aliphatic rings. The minimum absolute atomic E-state index is 0.127. The highest BCUT2D eigenvalue weighted by Crippen LogP contribution is 2.13. The smallest absolute Gasteiger partial charge is 0.306 e. The SMILES string of the molecule is CC/C=C\C/C=C\C/C=C\C/C=C\C/C=C\CCC(=O)OCC(COC(=O)CCC/C=C\C/C=C\C/C=C\CC)OC(=O)CCCCCCCCCCCCCC. The summed E-state index contributed by atoms with van der Waals surface area (Å²) in [7, 11) is 0. The lowest BCUT2D eigenvalue weighted by molar-refractivity contribution is -0.166. The number of allylic oxidation sites excluding steroid dienone is 16. The maximum atomic E-state index is 12.7. The van der Waals surface area contributed by atoms with E-state index in [0.717, 1.165) is 77.0 Å². The third kappa shape index (κ3) is 43.3. The van der Waals surface area contributed by atoms with Crippen molar-refractivity contribution in [1.82, 2.24) is 0 Å². The van der Waals surface area contributed by atoms with Gasteiger partial charge in [-0.05, 0) is 77.0 Å². The second-order valence-electron chi connectivity index (χ2n) is 14.5. The fourth-order valence-electron chi connectivity index (χ4n) is 5.75. The maximum absolute atomic E-state index is 12.7. The summed E-state index contributed by atoms with van der Waals surface area (Å²) >= 11 is 0. The van der Waals surface area contributed by atoms with Gasteiger partial charge in [-0.2, -0.15) is 0 Å². The van der Waals surface area contributed by atoms with E-state index in [9.17, 15) is 14.4 Å². The predicted molar refractivity (Wildman–Crippen MR) is 242 cm³/mol. The topological polar surface area (TPSA) is 78.9 Å². The Kier molecular flexibility index (Phi) is 42.1. The Morgan fingerprint density at radius 1 is 0.368 bits per heavy atom. The summed E-state index contributed by atoms with van der Waals surface area (Å²) < 4.78 is 16.6. The summed E-state index contributed by atoms with van der Waals surface area (Å²) in [4.78, 5) is 37.7. The number of hydrogen-bond donors (Lipinski definition) is 0. The van der Waals surface area contributed by atoms with E-state index in [0.29, 0.717) is 19.3 Å². The summed E-state index contributed by atoms with van der Waals surface area (Å²) in [5.41, 5.74) is 0. The zero-order valence-electron chi connectivity index (χ0n) is 36.6. The standard InChI is InChI=1S/C51H82O6/c1-4-7-10-13-16-19-22-24-25-26-27-30-32-35-38-41-44-50(53)56-47-48(46-55-49(52)43-40-37-34-31-28-21-18-15-12-9-6-3)57-51(54)45-42-39-36-33-29-23-20-17-14-11-8-5-2/h7,9-10,12,16,18-19,21,24-25,27,30-31,34-35,38,48H,4-6,8,11,13-15,17,20,22-23,26,28-29,32-33,36-37,39-47H2,1-3H3/b10-7-,12-9-,19-16-,21-18-,25-24-,30-27-,34-31-,38-35-. The molecule has 1 unspecified atom stereocenters. The molecule has 6 heteroatoms. The Hall–Kier alpha value is -3.67. The second kappa shape index (κ2) is 45.0. The van der Waals surface area contributed by atoms with Gasteiger partial charge in [-0.25, -0.2) is 0 Å². The van der Waals surface area contributed by atoms with Crippen LogP contribution in [-0.2, 0) is 28.6 Å². The van der Waals surface area contributed by atoms with Crippen LogP contribution in [0, 0.1) is 0 Å². The average Bonchev–Trinajstić information content (AvgIpc) is 3.21. The van der Waals surface area contributed by atoms with E-state index < -0.39 is 6.10 Å². The lowest BCUT2D eigenvalue weighted by atomic mass is 10.0. The van der Waals surface area contributed by atoms with Gasteiger partial charge < -0.3 is 14.2 Å². The number of carbonyl (C=O) groups is 3. The zero-order valence-corrected chi connectivity index (χ0v) is 36.6. The largest absolute Gasteiger partial charge is 0.462 e. The van der Waals surface area contributed by atoms with Gasteiger partial charge in [0.2, 0.25) is 0 Å². The molecule has 0 aromatic carbocycles. The van der Waals surface area contributed by atoms with Gasteiger partial charge in [-0.15, -0.1) is 0 Å². The highest BCUT2D eigenvalue weighted by Gasteiger charge is 2.19. The normalized spacial score (nSPS) is 13.0. The fourth-order valence-corrected chi connectivity index (χ4v) is 5.75. The Balaban J connectivity index is 4.56. The third-order valence-electron chi connectivity index (χ3n) is 9.10. The molecule has 0 aromatic heterocycles. The van der Waals surface area contributed by atoms with Gasteiger partial charge in [0, 0.05) is 19.3 Å². The Bertz CT molecular complexity index is 1180. The summed E-state index contributed by atoms with van der Waals surface area (Å²) in [5, 5.41) is 0. The first-order chi connectivity index (χ1) is 28.0. The van der Waals surface area contributed by atoms with Gasteiger partial charge in [0.1, 0.15) is 13.2 Å². The average molecular weight is 791 g/mol. The molecule has 0 aliphatic heterocycles. The molecule has 0 fully saturated rings. The monoisotopic (exact) mass is 791 g/mol. The molecular weight excluding hydrogens is 709 g/mol. The molecule has 0 bridgehead atoms. The van der Waals surface area contributed by atoms with Gasteiger partial charge in [0.05, 0.1) is 0 Å². The van der Waals surface area contributed by atoms with Crippen molar-refractivity contribution in [3.8, 4) is 0 Å². The van der Waals surface area contributed by atoms with Crippen LogP contribution in [0.4, 0.5) is 0 Å². The molecule has 0 heterocycles. The Labute approximate surface area is 349 Å². The number of hydrogen-bond acceptors (Lipinski definition) is 6. The molecule has 0 rings (SSSR count). The molecule has 0 saturated heterocycles. The van der Waals surface area contributed by atoms with Gasteiger partial charge in [0.15, 0.2) is 6.10 Å². The molecule has 0 radical (unpaired) electrons. The molecular formula is C51H82O6. The number of ether oxygens (including phenoxy) is 3. The van der Waals surface area contributed by atoms with Crippen LogP contribution in [0.25, 0.3) is 0 Å². The van der Waals surface area contributed by atoms with E-state index in [1.54, 1.807) is 0 Å². The van der Waals surface area contributed by atoms with Crippen LogP contribution < -0.4 is 0 Å². The molecule has 57 heavy (non-hydrogen) atoms. The van der Waals surface area contributed by atoms with Gasteiger partial charge in [-0.3, -0.25) is 14.4 Å². The Morgan fingerprint density at radius 2 is 0.719 bits per heavy atom. The minimum Gasteiger partial charge on any atom is -0.462 e. The van der Waals surface area contributed by atoms with Crippen molar-refractivity contribution < 1.29 is 28.6 Å². The summed E-state index contributed by atoms with van der Waals surface area (Å²) in [6, 6.07) is 0. The molecule has 0 saturated carbocycles. The summed E-state index contributed by atoms with van der Waals surface area (Å²) in [6.07, 6.45) is 58.4. The van der Waals surface area contributed by atoms with Gasteiger partial charge in [0.25, 0.3) is 0 Å². The molecule has 0 aromatic rings. The lowest BCUT2D eigenvalue weighted by Crippen LogP contribution is -2.30. The minimum atomic E-state index is -0.824. The van der Waals surface area contributed by atoms with E-state index in [1.165, 1.54) is 57.8 Å². The van der Waals surface area contributed by atoms with Crippen molar-refractivity contribution in [3.63, 3.8) is 0 Å². The van der Waals surface area contributed by atoms with Crippen molar-refractivity contribution in [2.45, 2.75) is 194 Å². The third-order valence-corrected chi connectivity index (χ3v) is 9.10. The van der Waals surface area contributed by atoms with E-state index in [-0.39, 0.29) is 44.0 Å². The van der Waals surface area contributed by atoms with Crippen LogP contribution >= 0.6 is 0 Å². The van der Waals surface area contributed by atoms with Crippen molar-refractivity contribution >= 4 is 17.9 Å². The fraction of sp³-hybridized carbons (Fsp3) is 0.627. The molecule has 0 N–H and O–H groups in total. The zero-order chi connectivity index (χ0) is 41.5. The molecule has 0 amide bonds. The van der Waals surface area contributed by atoms with Crippen LogP contribution in [0.5, 0.6) is 0 Å². The first kappa shape index (κ1) is 53.3. The van der Waals surface area contributed by atoms with Gasteiger partial charge >= 0.3 is 17.9 Å².